The molecule has 2 rings (SSSR count). The molecule has 1 fully saturated rings. The third kappa shape index (κ3) is 7.80. The van der Waals surface area contributed by atoms with E-state index < -0.39 is 0 Å². The minimum absolute atomic E-state index is 0. The summed E-state index contributed by atoms with van der Waals surface area (Å²) >= 11 is 1.81. The van der Waals surface area contributed by atoms with E-state index in [4.69, 9.17) is 4.74 Å². The SMILES string of the molecule is CN=C(NCCN(CCOC)C1CC1)NCC(C)(C)c1cccs1.I. The van der Waals surface area contributed by atoms with Crippen molar-refractivity contribution < 1.29 is 4.74 Å². The van der Waals surface area contributed by atoms with Crippen LogP contribution in [0.4, 0.5) is 0 Å². The number of aliphatic imine (C=N–C) groups is 1. The van der Waals surface area contributed by atoms with Crippen molar-refractivity contribution in [1.29, 1.82) is 0 Å². The molecule has 0 spiro atoms. The van der Waals surface area contributed by atoms with E-state index in [0.29, 0.717) is 0 Å². The van der Waals surface area contributed by atoms with Crippen LogP contribution in [0, 0.1) is 0 Å². The number of guanidine groups is 1. The van der Waals surface area contributed by atoms with Gasteiger partial charge in [0.05, 0.1) is 6.61 Å². The Morgan fingerprint density at radius 2 is 2.12 bits per heavy atom. The van der Waals surface area contributed by atoms with Gasteiger partial charge in [-0.05, 0) is 24.3 Å². The number of hydrogen-bond donors (Lipinski definition) is 2. The number of thiophene rings is 1. The van der Waals surface area contributed by atoms with E-state index in [0.717, 1.165) is 44.8 Å². The minimum atomic E-state index is 0. The Morgan fingerprint density at radius 3 is 2.68 bits per heavy atom. The van der Waals surface area contributed by atoms with Crippen molar-refractivity contribution in [3.8, 4) is 0 Å². The number of nitrogens with one attached hydrogen (secondary N) is 2. The molecule has 1 aromatic rings. The number of hydrogen-bond acceptors (Lipinski definition) is 4. The van der Waals surface area contributed by atoms with Crippen LogP contribution in [0.5, 0.6) is 0 Å². The van der Waals surface area contributed by atoms with Crippen LogP contribution in [0.2, 0.25) is 0 Å². The van der Waals surface area contributed by atoms with Crippen LogP contribution in [-0.2, 0) is 10.2 Å². The van der Waals surface area contributed by atoms with E-state index in [1.165, 1.54) is 17.7 Å². The summed E-state index contributed by atoms with van der Waals surface area (Å²) in [6, 6.07) is 5.07. The third-order valence-electron chi connectivity index (χ3n) is 4.45. The van der Waals surface area contributed by atoms with Gasteiger partial charge in [-0.15, -0.1) is 35.3 Å². The first kappa shape index (κ1) is 22.7. The molecular weight excluding hydrogens is 447 g/mol. The van der Waals surface area contributed by atoms with Crippen molar-refractivity contribution in [2.75, 3.05) is 46.9 Å². The fraction of sp³-hybridized carbons (Fsp3) is 0.722. The summed E-state index contributed by atoms with van der Waals surface area (Å²) in [4.78, 5) is 8.25. The quantitative estimate of drug-likeness (QED) is 0.307. The molecule has 0 saturated heterocycles. The van der Waals surface area contributed by atoms with E-state index in [9.17, 15) is 0 Å². The van der Waals surface area contributed by atoms with E-state index in [2.05, 4.69) is 51.9 Å². The molecular formula is C18H33IN4OS. The Balaban J connectivity index is 0.00000312. The van der Waals surface area contributed by atoms with Crippen LogP contribution in [0.15, 0.2) is 22.5 Å². The van der Waals surface area contributed by atoms with Gasteiger partial charge in [0.1, 0.15) is 0 Å². The smallest absolute Gasteiger partial charge is 0.191 e. The second kappa shape index (κ2) is 11.4. The van der Waals surface area contributed by atoms with Gasteiger partial charge in [0.2, 0.25) is 0 Å². The lowest BCUT2D eigenvalue weighted by atomic mass is 9.91. The molecule has 0 bridgehead atoms. The maximum absolute atomic E-state index is 5.21. The summed E-state index contributed by atoms with van der Waals surface area (Å²) in [6.07, 6.45) is 2.65. The van der Waals surface area contributed by atoms with Crippen molar-refractivity contribution in [2.24, 2.45) is 4.99 Å². The fourth-order valence-electron chi connectivity index (χ4n) is 2.72. The zero-order valence-electron chi connectivity index (χ0n) is 15.9. The first-order valence-corrected chi connectivity index (χ1v) is 9.66. The maximum atomic E-state index is 5.21. The Hall–Kier alpha value is -0.380. The van der Waals surface area contributed by atoms with E-state index in [1.54, 1.807) is 7.11 Å². The standard InChI is InChI=1S/C18H32N4OS.HI/c1-18(2,16-6-5-13-24-16)14-21-17(19-3)20-9-10-22(11-12-23-4)15-7-8-15;/h5-6,13,15H,7-12,14H2,1-4H3,(H2,19,20,21);1H. The van der Waals surface area contributed by atoms with E-state index in [-0.39, 0.29) is 29.4 Å². The monoisotopic (exact) mass is 480 g/mol. The minimum Gasteiger partial charge on any atom is -0.383 e. The van der Waals surface area contributed by atoms with Gasteiger partial charge in [0.25, 0.3) is 0 Å². The van der Waals surface area contributed by atoms with Crippen LogP contribution >= 0.6 is 35.3 Å². The highest BCUT2D eigenvalue weighted by molar-refractivity contribution is 14.0. The van der Waals surface area contributed by atoms with Crippen LogP contribution < -0.4 is 10.6 Å². The van der Waals surface area contributed by atoms with Crippen LogP contribution in [0.3, 0.4) is 0 Å². The summed E-state index contributed by atoms with van der Waals surface area (Å²) in [7, 11) is 3.60. The molecule has 0 aromatic carbocycles. The lowest BCUT2D eigenvalue weighted by molar-refractivity contribution is 0.144. The molecule has 0 aliphatic heterocycles. The van der Waals surface area contributed by atoms with Gasteiger partial charge in [-0.1, -0.05) is 19.9 Å². The third-order valence-corrected chi connectivity index (χ3v) is 5.68. The van der Waals surface area contributed by atoms with Crippen molar-refractivity contribution in [1.82, 2.24) is 15.5 Å². The van der Waals surface area contributed by atoms with E-state index >= 15 is 0 Å². The Bertz CT molecular complexity index is 503. The molecule has 1 aliphatic rings. The summed E-state index contributed by atoms with van der Waals surface area (Å²) in [5.41, 5.74) is 0.101. The molecule has 144 valence electrons. The van der Waals surface area contributed by atoms with Gasteiger partial charge in [-0.2, -0.15) is 0 Å². The molecule has 25 heavy (non-hydrogen) atoms. The first-order chi connectivity index (χ1) is 11.6. The second-order valence-corrected chi connectivity index (χ2v) is 7.92. The maximum Gasteiger partial charge on any atom is 0.191 e. The van der Waals surface area contributed by atoms with Crippen molar-refractivity contribution in [3.05, 3.63) is 22.4 Å². The number of methoxy groups -OCH3 is 1. The normalized spacial score (nSPS) is 15.2. The molecule has 2 N–H and O–H groups in total. The van der Waals surface area contributed by atoms with Crippen molar-refractivity contribution in [2.45, 2.75) is 38.1 Å². The number of ether oxygens (including phenoxy) is 1. The van der Waals surface area contributed by atoms with Gasteiger partial charge in [-0.3, -0.25) is 9.89 Å². The van der Waals surface area contributed by atoms with Gasteiger partial charge in [-0.25, -0.2) is 0 Å². The first-order valence-electron chi connectivity index (χ1n) is 8.78. The molecule has 1 aliphatic carbocycles. The molecule has 0 unspecified atom stereocenters. The molecule has 0 atom stereocenters. The molecule has 1 aromatic heterocycles. The van der Waals surface area contributed by atoms with Gasteiger partial charge in [0.15, 0.2) is 5.96 Å². The van der Waals surface area contributed by atoms with Crippen LogP contribution in [0.1, 0.15) is 31.6 Å². The fourth-order valence-corrected chi connectivity index (χ4v) is 3.57. The zero-order chi connectivity index (χ0) is 17.4. The van der Waals surface area contributed by atoms with Gasteiger partial charge < -0.3 is 15.4 Å². The molecule has 1 heterocycles. The average Bonchev–Trinajstić information content (AvgIpc) is 3.25. The van der Waals surface area contributed by atoms with E-state index in [1.807, 2.05) is 18.4 Å². The Kier molecular flexibility index (Phi) is 10.3. The zero-order valence-corrected chi connectivity index (χ0v) is 19.0. The molecule has 5 nitrogen and oxygen atoms in total. The molecule has 1 saturated carbocycles. The predicted octanol–water partition coefficient (Wildman–Crippen LogP) is 2.92. The number of rotatable bonds is 10. The highest BCUT2D eigenvalue weighted by Crippen LogP contribution is 2.27. The topological polar surface area (TPSA) is 48.9 Å². The number of halogens is 1. The summed E-state index contributed by atoms with van der Waals surface area (Å²) < 4.78 is 5.21. The largest absolute Gasteiger partial charge is 0.383 e. The second-order valence-electron chi connectivity index (χ2n) is 6.97. The number of nitrogens with zero attached hydrogens (tertiary/aromatic N) is 2. The molecule has 0 radical (unpaired) electrons. The lowest BCUT2D eigenvalue weighted by Gasteiger charge is -2.26. The van der Waals surface area contributed by atoms with Crippen molar-refractivity contribution >= 4 is 41.3 Å². The average molecular weight is 480 g/mol. The van der Waals surface area contributed by atoms with Crippen LogP contribution in [0.25, 0.3) is 0 Å². The Labute approximate surface area is 173 Å². The van der Waals surface area contributed by atoms with Crippen LogP contribution in [-0.4, -0.2) is 63.8 Å². The Morgan fingerprint density at radius 1 is 1.36 bits per heavy atom. The van der Waals surface area contributed by atoms with Gasteiger partial charge >= 0.3 is 0 Å². The summed E-state index contributed by atoms with van der Waals surface area (Å²) in [5, 5.41) is 9.03. The van der Waals surface area contributed by atoms with Crippen molar-refractivity contribution in [3.63, 3.8) is 0 Å². The summed E-state index contributed by atoms with van der Waals surface area (Å²) in [6.45, 7) is 9.14. The lowest BCUT2D eigenvalue weighted by Crippen LogP contribution is -2.46. The van der Waals surface area contributed by atoms with Gasteiger partial charge in [0, 0.05) is 56.7 Å². The summed E-state index contributed by atoms with van der Waals surface area (Å²) in [5.74, 6) is 0.877. The highest BCUT2D eigenvalue weighted by Gasteiger charge is 2.28. The predicted molar refractivity (Wildman–Crippen MR) is 119 cm³/mol. The molecule has 7 heteroatoms. The highest BCUT2D eigenvalue weighted by atomic mass is 127. The molecule has 0 amide bonds.